The molecule has 0 amide bonds. The quantitative estimate of drug-likeness (QED) is 0.387. The number of aromatic amines is 1. The number of H-pyrrole nitrogens is 1. The molecule has 1 atom stereocenters. The maximum Gasteiger partial charge on any atom is 0.219 e. The summed E-state index contributed by atoms with van der Waals surface area (Å²) in [7, 11) is -3.35. The monoisotopic (exact) mass is 584 g/mol. The Morgan fingerprint density at radius 2 is 2.05 bits per heavy atom. The van der Waals surface area contributed by atoms with Gasteiger partial charge in [0.05, 0.1) is 42.0 Å². The molecule has 40 heavy (non-hydrogen) atoms. The second-order valence-electron chi connectivity index (χ2n) is 10.4. The molecule has 0 bridgehead atoms. The summed E-state index contributed by atoms with van der Waals surface area (Å²) in [5, 5.41) is 11.7. The highest BCUT2D eigenvalue weighted by molar-refractivity contribution is 8.15. The van der Waals surface area contributed by atoms with Crippen molar-refractivity contribution in [2.24, 2.45) is 4.99 Å². The van der Waals surface area contributed by atoms with Crippen molar-refractivity contribution >= 4 is 37.5 Å². The van der Waals surface area contributed by atoms with Gasteiger partial charge in [0, 0.05) is 73.3 Å². The Kier molecular flexibility index (Phi) is 7.51. The Labute approximate surface area is 237 Å². The Hall–Kier alpha value is -3.06. The van der Waals surface area contributed by atoms with Crippen molar-refractivity contribution in [3.63, 3.8) is 0 Å². The molecule has 1 aromatic carbocycles. The van der Waals surface area contributed by atoms with Crippen molar-refractivity contribution in [2.75, 3.05) is 39.1 Å². The lowest BCUT2D eigenvalue weighted by Crippen LogP contribution is -2.49. The van der Waals surface area contributed by atoms with E-state index in [1.807, 2.05) is 18.2 Å². The number of aliphatic hydroxyl groups excluding tert-OH is 1. The predicted molar refractivity (Wildman–Crippen MR) is 154 cm³/mol. The zero-order valence-corrected chi connectivity index (χ0v) is 23.8. The van der Waals surface area contributed by atoms with E-state index in [1.165, 1.54) is 12.3 Å². The van der Waals surface area contributed by atoms with Gasteiger partial charge in [-0.15, -0.1) is 0 Å². The number of allylic oxidation sites excluding steroid dienone is 1. The van der Waals surface area contributed by atoms with E-state index in [1.54, 1.807) is 17.8 Å². The van der Waals surface area contributed by atoms with E-state index in [4.69, 9.17) is 19.2 Å². The van der Waals surface area contributed by atoms with Gasteiger partial charge in [-0.05, 0) is 18.2 Å². The molecule has 2 aromatic heterocycles. The van der Waals surface area contributed by atoms with Crippen LogP contribution in [0.25, 0.3) is 10.9 Å². The summed E-state index contributed by atoms with van der Waals surface area (Å²) >= 11 is 1.73. The van der Waals surface area contributed by atoms with Crippen molar-refractivity contribution in [3.8, 4) is 17.4 Å². The molecule has 0 saturated carbocycles. The lowest BCUT2D eigenvalue weighted by Gasteiger charge is -2.39. The number of hydrogen-bond donors (Lipinski definition) is 2. The maximum absolute atomic E-state index is 11.8. The predicted octanol–water partition coefficient (Wildman–Crippen LogP) is 3.76. The van der Waals surface area contributed by atoms with E-state index in [0.717, 1.165) is 52.9 Å². The highest BCUT2D eigenvalue weighted by atomic mass is 32.2. The van der Waals surface area contributed by atoms with Crippen LogP contribution in [0.5, 0.6) is 17.4 Å². The van der Waals surface area contributed by atoms with Crippen LogP contribution in [0, 0.1) is 0 Å². The zero-order chi connectivity index (χ0) is 27.9. The number of aromatic nitrogens is 2. The first kappa shape index (κ1) is 27.1. The number of benzene rings is 1. The van der Waals surface area contributed by atoms with Gasteiger partial charge in [-0.2, -0.15) is 0 Å². The standard InChI is InChI=1S/C28H32N4O6S2/c1-17(32-15-19(33)16-32)9-22-13-30-28(39-22)24-11-18-10-21(38-26-4-3-23(14-29-26)40(2,34)35)12-25(27(18)31-24)37-20-5-7-36-8-6-20/h3-4,10-12,14,19-20,22,31,33H,1,5-9,13,15-16H2,2H3. The van der Waals surface area contributed by atoms with Crippen LogP contribution in [0.4, 0.5) is 0 Å². The Bertz CT molecular complexity index is 1540. The summed E-state index contributed by atoms with van der Waals surface area (Å²) in [6.07, 6.45) is 4.64. The van der Waals surface area contributed by atoms with Crippen molar-refractivity contribution in [1.82, 2.24) is 14.9 Å². The third kappa shape index (κ3) is 5.99. The fourth-order valence-corrected chi connectivity index (χ4v) is 6.66. The number of nitrogens with zero attached hydrogens (tertiary/aromatic N) is 3. The number of pyridine rings is 1. The Morgan fingerprint density at radius 3 is 2.75 bits per heavy atom. The van der Waals surface area contributed by atoms with Gasteiger partial charge in [0.25, 0.3) is 0 Å². The molecule has 2 fully saturated rings. The number of aliphatic hydroxyl groups is 1. The third-order valence-corrected chi connectivity index (χ3v) is 9.53. The number of hydrogen-bond acceptors (Lipinski definition) is 10. The molecule has 1 unspecified atom stereocenters. The van der Waals surface area contributed by atoms with Gasteiger partial charge in [-0.3, -0.25) is 4.99 Å². The molecule has 3 aromatic rings. The fraction of sp³-hybridized carbons (Fsp3) is 0.429. The second-order valence-corrected chi connectivity index (χ2v) is 13.7. The molecule has 0 radical (unpaired) electrons. The van der Waals surface area contributed by atoms with Crippen LogP contribution >= 0.6 is 11.8 Å². The molecule has 5 heterocycles. The molecule has 212 valence electrons. The normalized spacial score (nSPS) is 20.4. The van der Waals surface area contributed by atoms with Crippen LogP contribution in [-0.2, 0) is 14.6 Å². The number of sulfone groups is 1. The lowest BCUT2D eigenvalue weighted by molar-refractivity contribution is 0.0228. The number of fused-ring (bicyclic) bond motifs is 1. The van der Waals surface area contributed by atoms with E-state index in [-0.39, 0.29) is 23.0 Å². The minimum atomic E-state index is -3.35. The minimum absolute atomic E-state index is 0.0275. The van der Waals surface area contributed by atoms with Gasteiger partial charge < -0.3 is 29.2 Å². The van der Waals surface area contributed by atoms with Crippen LogP contribution in [-0.4, -0.2) is 90.0 Å². The number of ether oxygens (including phenoxy) is 3. The fourth-order valence-electron chi connectivity index (χ4n) is 4.97. The van der Waals surface area contributed by atoms with Crippen LogP contribution in [0.1, 0.15) is 25.0 Å². The van der Waals surface area contributed by atoms with Crippen LogP contribution in [0.15, 0.2) is 58.7 Å². The molecular weight excluding hydrogens is 552 g/mol. The van der Waals surface area contributed by atoms with E-state index < -0.39 is 9.84 Å². The largest absolute Gasteiger partial charge is 0.488 e. The minimum Gasteiger partial charge on any atom is -0.488 e. The molecule has 12 heteroatoms. The van der Waals surface area contributed by atoms with Crippen LogP contribution in [0.3, 0.4) is 0 Å². The summed E-state index contributed by atoms with van der Waals surface area (Å²) in [4.78, 5) is 14.8. The highest BCUT2D eigenvalue weighted by Gasteiger charge is 2.29. The van der Waals surface area contributed by atoms with Gasteiger partial charge in [0.15, 0.2) is 9.84 Å². The van der Waals surface area contributed by atoms with Gasteiger partial charge in [0.2, 0.25) is 5.88 Å². The van der Waals surface area contributed by atoms with Crippen molar-refractivity contribution in [3.05, 3.63) is 54.5 Å². The highest BCUT2D eigenvalue weighted by Crippen LogP contribution is 2.37. The number of β-amino-alcohol motifs (C(OH)–C–C–N with tert-alkyl or cyclic N) is 1. The molecule has 3 aliphatic rings. The summed E-state index contributed by atoms with van der Waals surface area (Å²) in [6, 6.07) is 8.82. The molecule has 10 nitrogen and oxygen atoms in total. The first-order valence-corrected chi connectivity index (χ1v) is 16.1. The topological polar surface area (TPSA) is 126 Å². The SMILES string of the molecule is C=C(CC1CN=C(c2cc3cc(Oc4ccc(S(C)(=O)=O)cn4)cc(OC4CCOCC4)c3[nH]2)S1)N1CC(O)C1. The number of rotatable bonds is 9. The Balaban J connectivity index is 1.23. The molecule has 2 saturated heterocycles. The maximum atomic E-state index is 11.8. The van der Waals surface area contributed by atoms with Crippen LogP contribution in [0.2, 0.25) is 0 Å². The van der Waals surface area contributed by atoms with Gasteiger partial charge in [-0.1, -0.05) is 18.3 Å². The van der Waals surface area contributed by atoms with E-state index >= 15 is 0 Å². The average molecular weight is 585 g/mol. The van der Waals surface area contributed by atoms with Gasteiger partial charge >= 0.3 is 0 Å². The number of nitrogens with one attached hydrogen (secondary N) is 1. The molecular formula is C28H32N4O6S2. The first-order valence-electron chi connectivity index (χ1n) is 13.3. The van der Waals surface area contributed by atoms with E-state index in [2.05, 4.69) is 21.4 Å². The molecule has 0 spiro atoms. The number of likely N-dealkylation sites (tertiary alicyclic amines) is 1. The van der Waals surface area contributed by atoms with Crippen LogP contribution < -0.4 is 9.47 Å². The third-order valence-electron chi connectivity index (χ3n) is 7.21. The summed E-state index contributed by atoms with van der Waals surface area (Å²) in [6.45, 7) is 7.54. The second kappa shape index (κ2) is 11.1. The van der Waals surface area contributed by atoms with Gasteiger partial charge in [-0.25, -0.2) is 13.4 Å². The molecule has 6 rings (SSSR count). The molecule has 2 N–H and O–H groups in total. The molecule has 3 aliphatic heterocycles. The van der Waals surface area contributed by atoms with Crippen molar-refractivity contribution < 1.29 is 27.7 Å². The van der Waals surface area contributed by atoms with Crippen molar-refractivity contribution in [2.45, 2.75) is 41.6 Å². The van der Waals surface area contributed by atoms with E-state index in [0.29, 0.717) is 49.6 Å². The molecule has 0 aliphatic carbocycles. The van der Waals surface area contributed by atoms with Crippen molar-refractivity contribution in [1.29, 1.82) is 0 Å². The smallest absolute Gasteiger partial charge is 0.219 e. The summed E-state index contributed by atoms with van der Waals surface area (Å²) in [5.74, 6) is 1.49. The lowest BCUT2D eigenvalue weighted by atomic mass is 10.1. The number of thioether (sulfide) groups is 1. The Morgan fingerprint density at radius 1 is 1.25 bits per heavy atom. The number of aliphatic imine (C=N–C) groups is 1. The van der Waals surface area contributed by atoms with E-state index in [9.17, 15) is 13.5 Å². The summed E-state index contributed by atoms with van der Waals surface area (Å²) in [5.41, 5.74) is 2.82. The van der Waals surface area contributed by atoms with Gasteiger partial charge in [0.1, 0.15) is 22.6 Å². The zero-order valence-electron chi connectivity index (χ0n) is 22.2. The average Bonchev–Trinajstić information content (AvgIpc) is 3.54. The summed E-state index contributed by atoms with van der Waals surface area (Å²) < 4.78 is 41.5. The first-order chi connectivity index (χ1) is 19.2.